The Bertz CT molecular complexity index is 360. The minimum absolute atomic E-state index is 0.336. The van der Waals surface area contributed by atoms with Crippen LogP contribution in [0.5, 0.6) is 0 Å². The first-order valence-electron chi connectivity index (χ1n) is 9.93. The van der Waals surface area contributed by atoms with E-state index in [0.717, 1.165) is 25.7 Å². The van der Waals surface area contributed by atoms with Gasteiger partial charge in [-0.1, -0.05) is 38.5 Å². The van der Waals surface area contributed by atoms with Crippen molar-refractivity contribution in [3.05, 3.63) is 0 Å². The number of carbonyl (C=O) groups is 2. The van der Waals surface area contributed by atoms with Crippen LogP contribution in [0.15, 0.2) is 0 Å². The van der Waals surface area contributed by atoms with Gasteiger partial charge in [-0.3, -0.25) is 0 Å². The van der Waals surface area contributed by atoms with Gasteiger partial charge in [0, 0.05) is 13.1 Å². The molecule has 0 spiro atoms. The van der Waals surface area contributed by atoms with Gasteiger partial charge in [0.05, 0.1) is 0 Å². The Labute approximate surface area is 159 Å². The van der Waals surface area contributed by atoms with Crippen LogP contribution in [0.4, 0.5) is 9.59 Å². The Morgan fingerprint density at radius 3 is 1.12 bits per heavy atom. The summed E-state index contributed by atoms with van der Waals surface area (Å²) < 4.78 is 10.4. The van der Waals surface area contributed by atoms with E-state index in [1.54, 1.807) is 0 Å². The molecular weight excluding hydrogens is 332 g/mol. The molecule has 6 nitrogen and oxygen atoms in total. The first-order chi connectivity index (χ1) is 12.0. The summed E-state index contributed by atoms with van der Waals surface area (Å²) in [6.07, 6.45) is 8.34. The molecule has 0 aromatic heterocycles. The molecule has 0 unspecified atom stereocenters. The summed E-state index contributed by atoms with van der Waals surface area (Å²) in [6.45, 7) is 12.5. The SMILES string of the molecule is CC(C)(C)OC(=O)NCCCCCCCCCCNC(=O)OC(C)(C)C. The summed E-state index contributed by atoms with van der Waals surface area (Å²) in [5.74, 6) is 0. The Balaban J connectivity index is 3.32. The Morgan fingerprint density at radius 1 is 0.577 bits per heavy atom. The van der Waals surface area contributed by atoms with Crippen LogP contribution in [-0.2, 0) is 9.47 Å². The largest absolute Gasteiger partial charge is 0.444 e. The van der Waals surface area contributed by atoms with Crippen molar-refractivity contribution in [1.29, 1.82) is 0 Å². The molecule has 0 aromatic carbocycles. The van der Waals surface area contributed by atoms with Crippen molar-refractivity contribution in [2.75, 3.05) is 13.1 Å². The Hall–Kier alpha value is -1.46. The molecule has 154 valence electrons. The fourth-order valence-electron chi connectivity index (χ4n) is 2.32. The van der Waals surface area contributed by atoms with Gasteiger partial charge < -0.3 is 20.1 Å². The van der Waals surface area contributed by atoms with Gasteiger partial charge in [-0.15, -0.1) is 0 Å². The fourth-order valence-corrected chi connectivity index (χ4v) is 2.32. The van der Waals surface area contributed by atoms with Gasteiger partial charge in [-0.2, -0.15) is 0 Å². The van der Waals surface area contributed by atoms with E-state index < -0.39 is 11.2 Å². The molecule has 0 radical (unpaired) electrons. The summed E-state index contributed by atoms with van der Waals surface area (Å²) >= 11 is 0. The van der Waals surface area contributed by atoms with Crippen LogP contribution >= 0.6 is 0 Å². The number of rotatable bonds is 11. The first kappa shape index (κ1) is 24.5. The molecule has 0 atom stereocenters. The molecule has 0 heterocycles. The second-order valence-electron chi connectivity index (χ2n) is 8.69. The molecule has 0 fully saturated rings. The Morgan fingerprint density at radius 2 is 0.846 bits per heavy atom. The van der Waals surface area contributed by atoms with Gasteiger partial charge in [-0.25, -0.2) is 9.59 Å². The molecule has 0 rings (SSSR count). The van der Waals surface area contributed by atoms with Crippen LogP contribution in [0.25, 0.3) is 0 Å². The molecular formula is C20H40N2O4. The average Bonchev–Trinajstić information content (AvgIpc) is 2.44. The summed E-state index contributed by atoms with van der Waals surface area (Å²) in [5, 5.41) is 5.56. The molecule has 0 aliphatic heterocycles. The zero-order valence-corrected chi connectivity index (χ0v) is 17.7. The molecule has 0 aliphatic rings. The van der Waals surface area contributed by atoms with Gasteiger partial charge in [0.2, 0.25) is 0 Å². The maximum Gasteiger partial charge on any atom is 0.407 e. The normalized spacial score (nSPS) is 11.8. The van der Waals surface area contributed by atoms with Crippen LogP contribution in [0, 0.1) is 0 Å². The fraction of sp³-hybridized carbons (Fsp3) is 0.900. The topological polar surface area (TPSA) is 76.7 Å². The van der Waals surface area contributed by atoms with E-state index in [-0.39, 0.29) is 12.2 Å². The van der Waals surface area contributed by atoms with Crippen LogP contribution in [0.3, 0.4) is 0 Å². The predicted molar refractivity (Wildman–Crippen MR) is 105 cm³/mol. The van der Waals surface area contributed by atoms with Crippen molar-refractivity contribution in [2.45, 2.75) is 104 Å². The van der Waals surface area contributed by atoms with Gasteiger partial charge >= 0.3 is 12.2 Å². The van der Waals surface area contributed by atoms with Crippen LogP contribution in [0.2, 0.25) is 0 Å². The Kier molecular flexibility index (Phi) is 12.1. The number of amides is 2. The third-order valence-electron chi connectivity index (χ3n) is 3.44. The predicted octanol–water partition coefficient (Wildman–Crippen LogP) is 5.16. The van der Waals surface area contributed by atoms with Crippen molar-refractivity contribution in [1.82, 2.24) is 10.6 Å². The molecule has 0 saturated carbocycles. The number of ether oxygens (including phenoxy) is 2. The molecule has 26 heavy (non-hydrogen) atoms. The monoisotopic (exact) mass is 372 g/mol. The molecule has 0 bridgehead atoms. The van der Waals surface area contributed by atoms with Gasteiger partial charge in [-0.05, 0) is 54.4 Å². The lowest BCUT2D eigenvalue weighted by Gasteiger charge is -2.19. The number of alkyl carbamates (subject to hydrolysis) is 2. The molecule has 2 amide bonds. The van der Waals surface area contributed by atoms with Crippen molar-refractivity contribution in [2.24, 2.45) is 0 Å². The second kappa shape index (κ2) is 12.8. The third kappa shape index (κ3) is 18.9. The maximum atomic E-state index is 11.5. The smallest absolute Gasteiger partial charge is 0.407 e. The lowest BCUT2D eigenvalue weighted by Crippen LogP contribution is -2.33. The van der Waals surface area contributed by atoms with E-state index in [2.05, 4.69) is 10.6 Å². The van der Waals surface area contributed by atoms with E-state index in [1.807, 2.05) is 41.5 Å². The molecule has 6 heteroatoms. The number of unbranched alkanes of at least 4 members (excludes halogenated alkanes) is 7. The zero-order chi connectivity index (χ0) is 20.1. The van der Waals surface area contributed by atoms with E-state index in [4.69, 9.17) is 9.47 Å². The second-order valence-corrected chi connectivity index (χ2v) is 8.69. The third-order valence-corrected chi connectivity index (χ3v) is 3.44. The summed E-state index contributed by atoms with van der Waals surface area (Å²) in [4.78, 5) is 22.9. The van der Waals surface area contributed by atoms with E-state index in [1.165, 1.54) is 25.7 Å². The highest BCUT2D eigenvalue weighted by Gasteiger charge is 2.16. The molecule has 0 aromatic rings. The molecule has 0 saturated heterocycles. The van der Waals surface area contributed by atoms with Gasteiger partial charge in [0.1, 0.15) is 11.2 Å². The molecule has 0 aliphatic carbocycles. The first-order valence-corrected chi connectivity index (χ1v) is 9.93. The van der Waals surface area contributed by atoms with E-state index >= 15 is 0 Å². The van der Waals surface area contributed by atoms with Crippen LogP contribution < -0.4 is 10.6 Å². The van der Waals surface area contributed by atoms with Crippen molar-refractivity contribution in [3.63, 3.8) is 0 Å². The van der Waals surface area contributed by atoms with Crippen molar-refractivity contribution < 1.29 is 19.1 Å². The number of carbonyl (C=O) groups excluding carboxylic acids is 2. The summed E-state index contributed by atoms with van der Waals surface area (Å²) in [6, 6.07) is 0. The highest BCUT2D eigenvalue weighted by molar-refractivity contribution is 5.67. The minimum Gasteiger partial charge on any atom is -0.444 e. The molecule has 2 N–H and O–H groups in total. The number of hydrogen-bond donors (Lipinski definition) is 2. The minimum atomic E-state index is -0.438. The number of hydrogen-bond acceptors (Lipinski definition) is 4. The van der Waals surface area contributed by atoms with Crippen molar-refractivity contribution in [3.8, 4) is 0 Å². The zero-order valence-electron chi connectivity index (χ0n) is 17.7. The quantitative estimate of drug-likeness (QED) is 0.491. The lowest BCUT2D eigenvalue weighted by molar-refractivity contribution is 0.0515. The average molecular weight is 373 g/mol. The van der Waals surface area contributed by atoms with E-state index in [9.17, 15) is 9.59 Å². The maximum absolute atomic E-state index is 11.5. The van der Waals surface area contributed by atoms with Crippen LogP contribution in [-0.4, -0.2) is 36.5 Å². The van der Waals surface area contributed by atoms with Gasteiger partial charge in [0.15, 0.2) is 0 Å². The van der Waals surface area contributed by atoms with Gasteiger partial charge in [0.25, 0.3) is 0 Å². The lowest BCUT2D eigenvalue weighted by atomic mass is 10.1. The van der Waals surface area contributed by atoms with E-state index in [0.29, 0.717) is 13.1 Å². The van der Waals surface area contributed by atoms with Crippen LogP contribution in [0.1, 0.15) is 92.9 Å². The standard InChI is InChI=1S/C20H40N2O4/c1-19(2,3)25-17(23)21-15-13-11-9-7-8-10-12-14-16-22-18(24)26-20(4,5)6/h7-16H2,1-6H3,(H,21,23)(H,22,24). The van der Waals surface area contributed by atoms with Crippen molar-refractivity contribution >= 4 is 12.2 Å². The summed E-state index contributed by atoms with van der Waals surface area (Å²) in [5.41, 5.74) is -0.876. The number of nitrogens with one attached hydrogen (secondary N) is 2. The highest BCUT2D eigenvalue weighted by Crippen LogP contribution is 2.09. The summed E-state index contributed by atoms with van der Waals surface area (Å²) in [7, 11) is 0. The highest BCUT2D eigenvalue weighted by atomic mass is 16.6.